The van der Waals surface area contributed by atoms with E-state index in [0.29, 0.717) is 19.7 Å². The highest BCUT2D eigenvalue weighted by Gasteiger charge is 2.16. The fraction of sp³-hybridized carbons (Fsp3) is 0.667. The zero-order chi connectivity index (χ0) is 20.1. The van der Waals surface area contributed by atoms with Crippen molar-refractivity contribution in [1.29, 1.82) is 0 Å². The second-order valence-corrected chi connectivity index (χ2v) is 7.00. The second kappa shape index (κ2) is 14.9. The first-order valence-corrected chi connectivity index (χ1v) is 9.96. The van der Waals surface area contributed by atoms with Crippen molar-refractivity contribution in [2.24, 2.45) is 4.99 Å². The predicted octanol–water partition coefficient (Wildman–Crippen LogP) is 3.51. The fourth-order valence-electron chi connectivity index (χ4n) is 2.47. The van der Waals surface area contributed by atoms with Gasteiger partial charge in [0.25, 0.3) is 0 Å². The molecule has 0 heterocycles. The van der Waals surface area contributed by atoms with Crippen LogP contribution in [-0.4, -0.2) is 62.9 Å². The average Bonchev–Trinajstić information content (AvgIpc) is 2.68. The van der Waals surface area contributed by atoms with E-state index in [4.69, 9.17) is 14.5 Å². The Morgan fingerprint density at radius 2 is 1.79 bits per heavy atom. The summed E-state index contributed by atoms with van der Waals surface area (Å²) in [7, 11) is 1.72. The van der Waals surface area contributed by atoms with Gasteiger partial charge in [0, 0.05) is 32.3 Å². The molecule has 0 aliphatic heterocycles. The molecule has 1 rings (SSSR count). The molecular weight excluding hydrogens is 467 g/mol. The van der Waals surface area contributed by atoms with Crippen LogP contribution in [0.3, 0.4) is 0 Å². The normalized spacial score (nSPS) is 11.9. The van der Waals surface area contributed by atoms with Crippen LogP contribution in [0.1, 0.15) is 40.2 Å². The molecule has 28 heavy (non-hydrogen) atoms. The topological polar surface area (TPSA) is 58.1 Å². The lowest BCUT2D eigenvalue weighted by molar-refractivity contribution is 0.0268. The number of hydrogen-bond acceptors (Lipinski definition) is 4. The highest BCUT2D eigenvalue weighted by atomic mass is 127. The van der Waals surface area contributed by atoms with Gasteiger partial charge in [0.05, 0.1) is 12.1 Å². The highest BCUT2D eigenvalue weighted by Crippen LogP contribution is 2.19. The summed E-state index contributed by atoms with van der Waals surface area (Å²) in [5.41, 5.74) is 0.835. The quantitative estimate of drug-likeness (QED) is 0.258. The summed E-state index contributed by atoms with van der Waals surface area (Å²) in [4.78, 5) is 7.06. The summed E-state index contributed by atoms with van der Waals surface area (Å²) >= 11 is 0. The zero-order valence-corrected chi connectivity index (χ0v) is 20.7. The molecule has 0 radical (unpaired) electrons. The third kappa shape index (κ3) is 10.5. The maximum Gasteiger partial charge on any atom is 0.191 e. The number of nitrogens with zero attached hydrogens (tertiary/aromatic N) is 2. The van der Waals surface area contributed by atoms with Gasteiger partial charge in [0.1, 0.15) is 12.4 Å². The van der Waals surface area contributed by atoms with Crippen molar-refractivity contribution in [3.8, 4) is 5.75 Å². The molecule has 0 unspecified atom stereocenters. The van der Waals surface area contributed by atoms with Crippen LogP contribution >= 0.6 is 24.0 Å². The van der Waals surface area contributed by atoms with Gasteiger partial charge in [-0.3, -0.25) is 0 Å². The molecule has 6 nitrogen and oxygen atoms in total. The average molecular weight is 506 g/mol. The number of methoxy groups -OCH3 is 1. The summed E-state index contributed by atoms with van der Waals surface area (Å²) in [5.74, 6) is 1.68. The minimum absolute atomic E-state index is 0. The molecule has 162 valence electrons. The zero-order valence-electron chi connectivity index (χ0n) is 18.4. The molecule has 0 spiro atoms. The number of para-hydroxylation sites is 1. The Hall–Kier alpha value is -1.06. The van der Waals surface area contributed by atoms with Crippen molar-refractivity contribution in [2.75, 3.05) is 46.4 Å². The first-order chi connectivity index (χ1) is 13.0. The van der Waals surface area contributed by atoms with Crippen LogP contribution in [0.5, 0.6) is 5.75 Å². The molecule has 0 atom stereocenters. The number of aliphatic imine (C=N–C) groups is 1. The number of nitrogens with one attached hydrogen (secondary N) is 2. The summed E-state index contributed by atoms with van der Waals surface area (Å²) < 4.78 is 11.5. The maximum atomic E-state index is 6.02. The summed E-state index contributed by atoms with van der Waals surface area (Å²) in [6.07, 6.45) is 0. The van der Waals surface area contributed by atoms with Gasteiger partial charge in [-0.15, -0.1) is 24.0 Å². The number of ether oxygens (including phenoxy) is 2. The van der Waals surface area contributed by atoms with E-state index < -0.39 is 0 Å². The third-order valence-corrected chi connectivity index (χ3v) is 4.52. The van der Waals surface area contributed by atoms with Gasteiger partial charge in [-0.05, 0) is 39.9 Å². The maximum absolute atomic E-state index is 6.02. The van der Waals surface area contributed by atoms with Gasteiger partial charge in [0.15, 0.2) is 5.96 Å². The van der Waals surface area contributed by atoms with Crippen molar-refractivity contribution in [3.63, 3.8) is 0 Å². The molecular formula is C21H39IN4O2. The van der Waals surface area contributed by atoms with E-state index in [1.165, 1.54) is 0 Å². The van der Waals surface area contributed by atoms with Crippen LogP contribution < -0.4 is 15.4 Å². The van der Waals surface area contributed by atoms with Gasteiger partial charge in [-0.1, -0.05) is 32.0 Å². The van der Waals surface area contributed by atoms with Crippen molar-refractivity contribution >= 4 is 29.9 Å². The molecule has 0 saturated carbocycles. The molecule has 0 aliphatic carbocycles. The first-order valence-electron chi connectivity index (χ1n) is 9.96. The van der Waals surface area contributed by atoms with Crippen LogP contribution in [0.2, 0.25) is 0 Å². The predicted molar refractivity (Wildman–Crippen MR) is 129 cm³/mol. The fourth-order valence-corrected chi connectivity index (χ4v) is 2.47. The largest absolute Gasteiger partial charge is 0.492 e. The molecule has 7 heteroatoms. The lowest BCUT2D eigenvalue weighted by atomic mass is 10.1. The lowest BCUT2D eigenvalue weighted by Crippen LogP contribution is -2.45. The van der Waals surface area contributed by atoms with Crippen LogP contribution in [0.15, 0.2) is 29.3 Å². The second-order valence-electron chi connectivity index (χ2n) is 7.00. The first kappa shape index (κ1) is 26.9. The van der Waals surface area contributed by atoms with E-state index in [-0.39, 0.29) is 29.6 Å². The summed E-state index contributed by atoms with van der Waals surface area (Å²) in [6.45, 7) is 16.2. The Balaban J connectivity index is 0.00000729. The van der Waals surface area contributed by atoms with Gasteiger partial charge in [-0.2, -0.15) is 0 Å². The summed E-state index contributed by atoms with van der Waals surface area (Å²) in [5, 5.41) is 6.62. The molecule has 0 aliphatic rings. The Kier molecular flexibility index (Phi) is 14.3. The van der Waals surface area contributed by atoms with Gasteiger partial charge in [0.2, 0.25) is 0 Å². The molecule has 1 aromatic rings. The lowest BCUT2D eigenvalue weighted by Gasteiger charge is -2.24. The van der Waals surface area contributed by atoms with E-state index in [0.717, 1.165) is 43.5 Å². The number of halogens is 1. The van der Waals surface area contributed by atoms with E-state index in [1.54, 1.807) is 7.11 Å². The minimum atomic E-state index is -0.248. The number of benzene rings is 1. The van der Waals surface area contributed by atoms with Crippen LogP contribution in [0, 0.1) is 0 Å². The Morgan fingerprint density at radius 1 is 1.11 bits per heavy atom. The van der Waals surface area contributed by atoms with Crippen molar-refractivity contribution < 1.29 is 9.47 Å². The molecule has 1 aromatic carbocycles. The summed E-state index contributed by atoms with van der Waals surface area (Å²) in [6, 6.07) is 8.11. The Labute approximate surface area is 188 Å². The van der Waals surface area contributed by atoms with Crippen LogP contribution in [0.25, 0.3) is 0 Å². The van der Waals surface area contributed by atoms with Crippen molar-refractivity contribution in [3.05, 3.63) is 29.8 Å². The molecule has 0 aromatic heterocycles. The standard InChI is InChI=1S/C21H38N4O2.HI/c1-7-22-20(24-17-21(4,5)26-6)23-16-18-12-10-11-13-19(18)27-15-14-25(8-2)9-3;/h10-13H,7-9,14-17H2,1-6H3,(H2,22,23,24);1H. The van der Waals surface area contributed by atoms with Gasteiger partial charge in [-0.25, -0.2) is 4.99 Å². The Bertz CT molecular complexity index is 563. The number of rotatable bonds is 12. The monoisotopic (exact) mass is 506 g/mol. The van der Waals surface area contributed by atoms with Crippen molar-refractivity contribution in [1.82, 2.24) is 15.5 Å². The van der Waals surface area contributed by atoms with E-state index in [9.17, 15) is 0 Å². The molecule has 0 bridgehead atoms. The molecule has 2 N–H and O–H groups in total. The van der Waals surface area contributed by atoms with E-state index >= 15 is 0 Å². The highest BCUT2D eigenvalue weighted by molar-refractivity contribution is 14.0. The third-order valence-electron chi connectivity index (χ3n) is 4.52. The Morgan fingerprint density at radius 3 is 2.39 bits per heavy atom. The number of likely N-dealkylation sites (N-methyl/N-ethyl adjacent to an activating group) is 1. The van der Waals surface area contributed by atoms with Crippen LogP contribution in [-0.2, 0) is 11.3 Å². The number of guanidine groups is 1. The molecule has 0 fully saturated rings. The van der Waals surface area contributed by atoms with Crippen LogP contribution in [0.4, 0.5) is 0 Å². The van der Waals surface area contributed by atoms with Gasteiger partial charge >= 0.3 is 0 Å². The molecule has 0 saturated heterocycles. The van der Waals surface area contributed by atoms with E-state index in [1.807, 2.05) is 32.0 Å². The minimum Gasteiger partial charge on any atom is -0.492 e. The smallest absolute Gasteiger partial charge is 0.191 e. The number of hydrogen-bond donors (Lipinski definition) is 2. The SMILES string of the molecule is CCNC(=NCc1ccccc1OCCN(CC)CC)NCC(C)(C)OC.I. The van der Waals surface area contributed by atoms with Crippen molar-refractivity contribution in [2.45, 2.75) is 46.8 Å². The van der Waals surface area contributed by atoms with E-state index in [2.05, 4.69) is 42.4 Å². The molecule has 0 amide bonds. The van der Waals surface area contributed by atoms with Gasteiger partial charge < -0.3 is 25.0 Å².